The highest BCUT2D eigenvalue weighted by atomic mass is 32.2. The third-order valence-corrected chi connectivity index (χ3v) is 4.11. The Morgan fingerprint density at radius 1 is 1.14 bits per heavy atom. The molecule has 21 heavy (non-hydrogen) atoms. The van der Waals surface area contributed by atoms with E-state index in [1.807, 2.05) is 0 Å². The van der Waals surface area contributed by atoms with Crippen LogP contribution in [0.1, 0.15) is 10.4 Å². The molecule has 1 aromatic carbocycles. The maximum absolute atomic E-state index is 11.9. The molecule has 2 N–H and O–H groups in total. The topological polar surface area (TPSA) is 118 Å². The first kappa shape index (κ1) is 16.6. The zero-order chi connectivity index (χ0) is 16.0. The predicted octanol–water partition coefficient (Wildman–Crippen LogP) is 0.0298. The number of aliphatic carboxylic acids is 1. The molecule has 0 aromatic heterocycles. The summed E-state index contributed by atoms with van der Waals surface area (Å²) in [5.41, 5.74) is 0.145. The van der Waals surface area contributed by atoms with E-state index in [0.717, 1.165) is 6.08 Å². The molecular formula is C13H13NO6S. The van der Waals surface area contributed by atoms with E-state index in [2.05, 4.69) is 5.32 Å². The van der Waals surface area contributed by atoms with Gasteiger partial charge in [-0.05, 0) is 30.3 Å². The van der Waals surface area contributed by atoms with E-state index in [1.165, 1.54) is 31.3 Å². The summed E-state index contributed by atoms with van der Waals surface area (Å²) in [5.74, 6) is -3.14. The number of nitrogens with one attached hydrogen (secondary N) is 1. The van der Waals surface area contributed by atoms with Gasteiger partial charge in [0.15, 0.2) is 15.6 Å². The molecule has 112 valence electrons. The molecule has 1 aromatic rings. The van der Waals surface area contributed by atoms with Crippen molar-refractivity contribution in [1.29, 1.82) is 0 Å². The number of sulfone groups is 1. The van der Waals surface area contributed by atoms with E-state index in [1.54, 1.807) is 0 Å². The van der Waals surface area contributed by atoms with Crippen molar-refractivity contribution in [3.8, 4) is 0 Å². The van der Waals surface area contributed by atoms with Gasteiger partial charge in [0, 0.05) is 18.7 Å². The molecule has 0 spiro atoms. The number of amides is 1. The Morgan fingerprint density at radius 2 is 1.71 bits per heavy atom. The number of allylic oxidation sites excluding steroid dienone is 1. The second kappa shape index (κ2) is 6.80. The zero-order valence-electron chi connectivity index (χ0n) is 11.1. The van der Waals surface area contributed by atoms with Crippen molar-refractivity contribution < 1.29 is 27.9 Å². The maximum Gasteiger partial charge on any atom is 0.328 e. The largest absolute Gasteiger partial charge is 0.478 e. The summed E-state index contributed by atoms with van der Waals surface area (Å²) in [6.45, 7) is 0. The van der Waals surface area contributed by atoms with Gasteiger partial charge in [-0.1, -0.05) is 0 Å². The van der Waals surface area contributed by atoms with Crippen molar-refractivity contribution >= 4 is 27.5 Å². The van der Waals surface area contributed by atoms with E-state index >= 15 is 0 Å². The third-order valence-electron chi connectivity index (χ3n) is 2.48. The summed E-state index contributed by atoms with van der Waals surface area (Å²) >= 11 is 0. The fraction of sp³-hybridized carbons (Fsp3) is 0.154. The average molecular weight is 311 g/mol. The number of carbonyl (C=O) groups is 3. The van der Waals surface area contributed by atoms with Crippen LogP contribution in [-0.2, 0) is 19.4 Å². The van der Waals surface area contributed by atoms with Crippen LogP contribution in [0.25, 0.3) is 0 Å². The normalized spacial score (nSPS) is 11.3. The van der Waals surface area contributed by atoms with Crippen LogP contribution >= 0.6 is 0 Å². The van der Waals surface area contributed by atoms with Gasteiger partial charge in [-0.25, -0.2) is 13.2 Å². The van der Waals surface area contributed by atoms with Gasteiger partial charge in [0.25, 0.3) is 0 Å². The van der Waals surface area contributed by atoms with Crippen LogP contribution in [0.5, 0.6) is 0 Å². The Bertz CT molecular complexity index is 688. The van der Waals surface area contributed by atoms with Crippen molar-refractivity contribution in [1.82, 2.24) is 5.32 Å². The van der Waals surface area contributed by atoms with E-state index in [-0.39, 0.29) is 10.5 Å². The molecule has 0 aliphatic carbocycles. The lowest BCUT2D eigenvalue weighted by Gasteiger charge is -2.04. The standard InChI is InChI=1S/C13H13NO6S/c1-14-12(16)8-21(19,20)10-4-2-9(3-5-10)11(15)6-7-13(17)18/h2-7H,8H2,1H3,(H,14,16)(H,17,18)/b7-6+. The number of carboxylic acids is 1. The second-order valence-corrected chi connectivity index (χ2v) is 5.98. The van der Waals surface area contributed by atoms with Crippen LogP contribution in [-0.4, -0.2) is 44.0 Å². The number of ketones is 1. The molecule has 0 unspecified atom stereocenters. The highest BCUT2D eigenvalue weighted by Crippen LogP contribution is 2.13. The molecule has 8 heteroatoms. The summed E-state index contributed by atoms with van der Waals surface area (Å²) in [6.07, 6.45) is 1.56. The molecule has 1 rings (SSSR count). The Balaban J connectivity index is 2.95. The first-order chi connectivity index (χ1) is 9.76. The molecule has 0 atom stereocenters. The Kier molecular flexibility index (Phi) is 5.37. The Labute approximate surface area is 121 Å². The van der Waals surface area contributed by atoms with Crippen molar-refractivity contribution in [3.05, 3.63) is 42.0 Å². The number of carboxylic acid groups (broad SMARTS) is 1. The van der Waals surface area contributed by atoms with Crippen LogP contribution in [0.2, 0.25) is 0 Å². The fourth-order valence-electron chi connectivity index (χ4n) is 1.40. The van der Waals surface area contributed by atoms with Gasteiger partial charge in [0.1, 0.15) is 5.75 Å². The first-order valence-electron chi connectivity index (χ1n) is 5.75. The molecule has 1 amide bonds. The van der Waals surface area contributed by atoms with Gasteiger partial charge >= 0.3 is 5.97 Å². The van der Waals surface area contributed by atoms with Crippen LogP contribution in [0, 0.1) is 0 Å². The smallest absolute Gasteiger partial charge is 0.328 e. The molecule has 0 bridgehead atoms. The molecule has 0 saturated carbocycles. The van der Waals surface area contributed by atoms with Crippen molar-refractivity contribution in [2.24, 2.45) is 0 Å². The minimum absolute atomic E-state index is 0.0927. The minimum Gasteiger partial charge on any atom is -0.478 e. The molecule has 0 fully saturated rings. The zero-order valence-corrected chi connectivity index (χ0v) is 11.9. The van der Waals surface area contributed by atoms with Crippen LogP contribution in [0.3, 0.4) is 0 Å². The number of hydrogen-bond acceptors (Lipinski definition) is 5. The summed E-state index contributed by atoms with van der Waals surface area (Å²) < 4.78 is 23.7. The monoisotopic (exact) mass is 311 g/mol. The van der Waals surface area contributed by atoms with E-state index in [4.69, 9.17) is 5.11 Å². The number of benzene rings is 1. The third kappa shape index (κ3) is 4.84. The quantitative estimate of drug-likeness (QED) is 0.565. The minimum atomic E-state index is -3.78. The summed E-state index contributed by atoms with van der Waals surface area (Å²) in [6, 6.07) is 4.90. The van der Waals surface area contributed by atoms with Gasteiger partial charge in [0.05, 0.1) is 4.90 Å². The van der Waals surface area contributed by atoms with Crippen molar-refractivity contribution in [2.75, 3.05) is 12.8 Å². The molecule has 7 nitrogen and oxygen atoms in total. The molecule has 0 heterocycles. The summed E-state index contributed by atoms with van der Waals surface area (Å²) in [4.78, 5) is 32.9. The van der Waals surface area contributed by atoms with Gasteiger partial charge in [-0.2, -0.15) is 0 Å². The molecule has 0 aliphatic rings. The molecule has 0 aliphatic heterocycles. The Hall–Kier alpha value is -2.48. The number of carbonyl (C=O) groups excluding carboxylic acids is 2. The van der Waals surface area contributed by atoms with E-state index < -0.39 is 33.2 Å². The highest BCUT2D eigenvalue weighted by Gasteiger charge is 2.18. The van der Waals surface area contributed by atoms with Gasteiger partial charge in [0.2, 0.25) is 5.91 Å². The van der Waals surface area contributed by atoms with Gasteiger partial charge < -0.3 is 10.4 Å². The van der Waals surface area contributed by atoms with E-state index in [0.29, 0.717) is 6.08 Å². The second-order valence-electron chi connectivity index (χ2n) is 3.99. The maximum atomic E-state index is 11.9. The van der Waals surface area contributed by atoms with E-state index in [9.17, 15) is 22.8 Å². The highest BCUT2D eigenvalue weighted by molar-refractivity contribution is 7.92. The molecular weight excluding hydrogens is 298 g/mol. The van der Waals surface area contributed by atoms with Crippen LogP contribution in [0.15, 0.2) is 41.3 Å². The van der Waals surface area contributed by atoms with Gasteiger partial charge in [-0.15, -0.1) is 0 Å². The van der Waals surface area contributed by atoms with Crippen LogP contribution < -0.4 is 5.32 Å². The lowest BCUT2D eigenvalue weighted by atomic mass is 10.1. The first-order valence-corrected chi connectivity index (χ1v) is 7.40. The fourth-order valence-corrected chi connectivity index (χ4v) is 2.60. The van der Waals surface area contributed by atoms with Crippen molar-refractivity contribution in [3.63, 3.8) is 0 Å². The summed E-state index contributed by atoms with van der Waals surface area (Å²) in [7, 11) is -2.45. The lowest BCUT2D eigenvalue weighted by molar-refractivity contribution is -0.131. The average Bonchev–Trinajstić information content (AvgIpc) is 2.44. The molecule has 0 radical (unpaired) electrons. The molecule has 0 saturated heterocycles. The van der Waals surface area contributed by atoms with Gasteiger partial charge in [-0.3, -0.25) is 9.59 Å². The number of rotatable bonds is 6. The van der Waals surface area contributed by atoms with Crippen molar-refractivity contribution in [2.45, 2.75) is 4.90 Å². The van der Waals surface area contributed by atoms with Crippen LogP contribution in [0.4, 0.5) is 0 Å². The summed E-state index contributed by atoms with van der Waals surface area (Å²) in [5, 5.41) is 10.6. The predicted molar refractivity (Wildman–Crippen MR) is 73.7 cm³/mol. The Morgan fingerprint density at radius 3 is 2.19 bits per heavy atom. The number of hydrogen-bond donors (Lipinski definition) is 2. The lowest BCUT2D eigenvalue weighted by Crippen LogP contribution is -2.27. The SMILES string of the molecule is CNC(=O)CS(=O)(=O)c1ccc(C(=O)/C=C/C(=O)O)cc1.